The highest BCUT2D eigenvalue weighted by molar-refractivity contribution is 7.80. The van der Waals surface area contributed by atoms with Crippen molar-refractivity contribution in [3.05, 3.63) is 98.9 Å². The van der Waals surface area contributed by atoms with Crippen LogP contribution < -0.4 is 15.8 Å². The minimum atomic E-state index is -0.564. The fourth-order valence-corrected chi connectivity index (χ4v) is 5.04. The molecule has 0 atom stereocenters. The highest BCUT2D eigenvalue weighted by Gasteiger charge is 2.35. The van der Waals surface area contributed by atoms with Crippen molar-refractivity contribution in [2.24, 2.45) is 0 Å². The lowest BCUT2D eigenvalue weighted by Crippen LogP contribution is -2.54. The van der Waals surface area contributed by atoms with Gasteiger partial charge in [0.1, 0.15) is 11.4 Å². The number of hydrogen-bond donors (Lipinski definition) is 1. The molecule has 1 aliphatic heterocycles. The molecular formula is C28H25N5O3S. The van der Waals surface area contributed by atoms with Gasteiger partial charge in [0.25, 0.3) is 17.4 Å². The molecule has 3 heterocycles. The van der Waals surface area contributed by atoms with Gasteiger partial charge in [0.15, 0.2) is 5.11 Å². The maximum Gasteiger partial charge on any atom is 0.280 e. The van der Waals surface area contributed by atoms with Crippen LogP contribution in [0.4, 0.5) is 5.69 Å². The molecule has 0 aliphatic carbocycles. The third-order valence-corrected chi connectivity index (χ3v) is 6.85. The first kappa shape index (κ1) is 24.3. The van der Waals surface area contributed by atoms with Crippen LogP contribution in [-0.2, 0) is 16.0 Å². The van der Waals surface area contributed by atoms with Gasteiger partial charge in [-0.2, -0.15) is 4.68 Å². The molecule has 2 aromatic carbocycles. The molecule has 1 saturated heterocycles. The molecule has 9 heteroatoms. The first-order valence-electron chi connectivity index (χ1n) is 11.9. The number of aromatic nitrogens is 3. The van der Waals surface area contributed by atoms with Gasteiger partial charge in [0, 0.05) is 11.4 Å². The van der Waals surface area contributed by atoms with Gasteiger partial charge in [-0.05, 0) is 80.9 Å². The quantitative estimate of drug-likeness (QED) is 0.256. The van der Waals surface area contributed by atoms with Gasteiger partial charge in [-0.3, -0.25) is 29.3 Å². The molecule has 2 amide bonds. The number of fused-ring (bicyclic) bond motifs is 1. The standard InChI is InChI=1S/C28H25N5O3S/c1-5-19-10-6-9-13-24(19)31-26(35)22(25(34)30-28(31)37)15-20-14-16(2)32(17(20)3)33-18(4)29-23-12-8-7-11-21(23)27(33)36/h6-15H,5H2,1-4H3,(H,30,34,37). The van der Waals surface area contributed by atoms with Gasteiger partial charge in [-0.15, -0.1) is 0 Å². The summed E-state index contributed by atoms with van der Waals surface area (Å²) in [7, 11) is 0. The number of aryl methyl sites for hydroxylation is 3. The molecule has 1 aliphatic rings. The number of benzene rings is 2. The topological polar surface area (TPSA) is 89.2 Å². The predicted octanol–water partition coefficient (Wildman–Crippen LogP) is 3.83. The molecule has 5 rings (SSSR count). The van der Waals surface area contributed by atoms with Crippen LogP contribution in [0.2, 0.25) is 0 Å². The molecule has 0 radical (unpaired) electrons. The molecule has 1 N–H and O–H groups in total. The van der Waals surface area contributed by atoms with Gasteiger partial charge in [-0.25, -0.2) is 4.98 Å². The summed E-state index contributed by atoms with van der Waals surface area (Å²) in [6.45, 7) is 7.46. The summed E-state index contributed by atoms with van der Waals surface area (Å²) >= 11 is 5.37. The second-order valence-corrected chi connectivity index (χ2v) is 9.26. The molecule has 0 spiro atoms. The van der Waals surface area contributed by atoms with Crippen molar-refractivity contribution in [3.63, 3.8) is 0 Å². The zero-order chi connectivity index (χ0) is 26.4. The minimum absolute atomic E-state index is 0.0412. The van der Waals surface area contributed by atoms with Crippen LogP contribution in [0.1, 0.15) is 35.3 Å². The number of amides is 2. The third-order valence-electron chi connectivity index (χ3n) is 6.56. The van der Waals surface area contributed by atoms with Crippen molar-refractivity contribution in [2.75, 3.05) is 4.90 Å². The van der Waals surface area contributed by atoms with Crippen LogP contribution in [0.3, 0.4) is 0 Å². The number of rotatable bonds is 4. The van der Waals surface area contributed by atoms with Crippen LogP contribution in [0, 0.1) is 20.8 Å². The van der Waals surface area contributed by atoms with Crippen molar-refractivity contribution in [2.45, 2.75) is 34.1 Å². The first-order valence-corrected chi connectivity index (χ1v) is 12.3. The molecule has 0 saturated carbocycles. The Morgan fingerprint density at radius 3 is 2.43 bits per heavy atom. The molecule has 37 heavy (non-hydrogen) atoms. The van der Waals surface area contributed by atoms with Crippen molar-refractivity contribution >= 4 is 51.8 Å². The van der Waals surface area contributed by atoms with E-state index in [9.17, 15) is 14.4 Å². The highest BCUT2D eigenvalue weighted by Crippen LogP contribution is 2.27. The largest absolute Gasteiger partial charge is 0.298 e. The van der Waals surface area contributed by atoms with E-state index in [1.54, 1.807) is 35.9 Å². The Kier molecular flexibility index (Phi) is 6.08. The van der Waals surface area contributed by atoms with Gasteiger partial charge in [-0.1, -0.05) is 37.3 Å². The maximum atomic E-state index is 13.6. The number of nitrogens with one attached hydrogen (secondary N) is 1. The zero-order valence-corrected chi connectivity index (χ0v) is 21.7. The van der Waals surface area contributed by atoms with Gasteiger partial charge >= 0.3 is 0 Å². The Morgan fingerprint density at radius 2 is 1.68 bits per heavy atom. The van der Waals surface area contributed by atoms with Gasteiger partial charge in [0.05, 0.1) is 16.6 Å². The van der Waals surface area contributed by atoms with E-state index in [0.717, 1.165) is 11.3 Å². The molecular weight excluding hydrogens is 486 g/mol. The zero-order valence-electron chi connectivity index (χ0n) is 20.9. The second-order valence-electron chi connectivity index (χ2n) is 8.87. The lowest BCUT2D eigenvalue weighted by molar-refractivity contribution is -0.122. The SMILES string of the molecule is CCc1ccccc1N1C(=O)C(=Cc2cc(C)n(-n3c(C)nc4ccccc4c3=O)c2C)C(=O)NC1=S. The van der Waals surface area contributed by atoms with E-state index >= 15 is 0 Å². The van der Waals surface area contributed by atoms with Gasteiger partial charge in [0.2, 0.25) is 0 Å². The van der Waals surface area contributed by atoms with E-state index in [0.29, 0.717) is 40.1 Å². The van der Waals surface area contributed by atoms with E-state index < -0.39 is 11.8 Å². The fourth-order valence-electron chi connectivity index (χ4n) is 4.76. The Labute approximate surface area is 218 Å². The van der Waals surface area contributed by atoms with E-state index in [-0.39, 0.29) is 16.2 Å². The van der Waals surface area contributed by atoms with Crippen LogP contribution in [0.25, 0.3) is 17.0 Å². The van der Waals surface area contributed by atoms with E-state index in [1.807, 2.05) is 57.2 Å². The van der Waals surface area contributed by atoms with E-state index in [4.69, 9.17) is 12.2 Å². The molecule has 0 bridgehead atoms. The predicted molar refractivity (Wildman–Crippen MR) is 147 cm³/mol. The molecule has 4 aromatic rings. The van der Waals surface area contributed by atoms with Crippen LogP contribution >= 0.6 is 12.2 Å². The normalized spacial score (nSPS) is 15.1. The van der Waals surface area contributed by atoms with Crippen molar-refractivity contribution in [3.8, 4) is 0 Å². The lowest BCUT2D eigenvalue weighted by atomic mass is 10.0. The molecule has 186 valence electrons. The summed E-state index contributed by atoms with van der Waals surface area (Å²) in [4.78, 5) is 45.8. The van der Waals surface area contributed by atoms with E-state index in [1.165, 1.54) is 9.58 Å². The Bertz CT molecular complexity index is 1710. The summed E-state index contributed by atoms with van der Waals surface area (Å²) in [5, 5.41) is 3.19. The summed E-state index contributed by atoms with van der Waals surface area (Å²) < 4.78 is 3.26. The first-order chi connectivity index (χ1) is 17.7. The fraction of sp³-hybridized carbons (Fsp3) is 0.179. The van der Waals surface area contributed by atoms with Crippen LogP contribution in [0.15, 0.2) is 65.0 Å². The average molecular weight is 512 g/mol. The summed E-state index contributed by atoms with van der Waals surface area (Å²) in [6.07, 6.45) is 2.25. The maximum absolute atomic E-state index is 13.6. The number of nitrogens with zero attached hydrogens (tertiary/aromatic N) is 4. The van der Waals surface area contributed by atoms with Crippen molar-refractivity contribution in [1.82, 2.24) is 19.7 Å². The van der Waals surface area contributed by atoms with Crippen LogP contribution in [-0.4, -0.2) is 31.3 Å². The molecule has 1 fully saturated rings. The Morgan fingerprint density at radius 1 is 0.973 bits per heavy atom. The number of anilines is 1. The molecule has 2 aromatic heterocycles. The minimum Gasteiger partial charge on any atom is -0.298 e. The monoisotopic (exact) mass is 511 g/mol. The number of carbonyl (C=O) groups excluding carboxylic acids is 2. The summed E-state index contributed by atoms with van der Waals surface area (Å²) in [5.74, 6) is -0.546. The second kappa shape index (κ2) is 9.25. The highest BCUT2D eigenvalue weighted by atomic mass is 32.1. The Hall–Kier alpha value is -4.37. The number of carbonyl (C=O) groups is 2. The van der Waals surface area contributed by atoms with E-state index in [2.05, 4.69) is 10.3 Å². The average Bonchev–Trinajstić information content (AvgIpc) is 3.14. The van der Waals surface area contributed by atoms with Gasteiger partial charge < -0.3 is 0 Å². The number of thiocarbonyl (C=S) groups is 1. The summed E-state index contributed by atoms with van der Waals surface area (Å²) in [6, 6.07) is 16.5. The third kappa shape index (κ3) is 3.97. The summed E-state index contributed by atoms with van der Waals surface area (Å²) in [5.41, 5.74) is 4.02. The molecule has 0 unspecified atom stereocenters. The Balaban J connectivity index is 1.63. The van der Waals surface area contributed by atoms with Crippen molar-refractivity contribution < 1.29 is 9.59 Å². The van der Waals surface area contributed by atoms with Crippen LogP contribution in [0.5, 0.6) is 0 Å². The van der Waals surface area contributed by atoms with Crippen molar-refractivity contribution in [1.29, 1.82) is 0 Å². The molecule has 8 nitrogen and oxygen atoms in total. The lowest BCUT2D eigenvalue weighted by Gasteiger charge is -2.30. The number of hydrogen-bond acceptors (Lipinski definition) is 5. The smallest absolute Gasteiger partial charge is 0.280 e. The number of para-hydroxylation sites is 2.